The van der Waals surface area contributed by atoms with Gasteiger partial charge in [-0.15, -0.1) is 10.2 Å². The lowest BCUT2D eigenvalue weighted by Gasteiger charge is -2.09. The Hall–Kier alpha value is -2.73. The van der Waals surface area contributed by atoms with Gasteiger partial charge in [0.25, 0.3) is 0 Å². The zero-order chi connectivity index (χ0) is 17.1. The van der Waals surface area contributed by atoms with E-state index >= 15 is 0 Å². The van der Waals surface area contributed by atoms with Crippen molar-refractivity contribution in [3.8, 4) is 11.4 Å². The Morgan fingerprint density at radius 2 is 1.96 bits per heavy atom. The van der Waals surface area contributed by atoms with Gasteiger partial charge in [0.2, 0.25) is 11.7 Å². The highest BCUT2D eigenvalue weighted by Gasteiger charge is 2.12. The predicted octanol–water partition coefficient (Wildman–Crippen LogP) is 3.25. The summed E-state index contributed by atoms with van der Waals surface area (Å²) in [7, 11) is 0. The quantitative estimate of drug-likeness (QED) is 0.790. The van der Waals surface area contributed by atoms with E-state index in [0.717, 1.165) is 16.8 Å². The minimum atomic E-state index is -0.216. The second kappa shape index (κ2) is 6.80. The van der Waals surface area contributed by atoms with Crippen molar-refractivity contribution < 1.29 is 4.79 Å². The number of aryl methyl sites for hydroxylation is 1. The number of anilines is 1. The van der Waals surface area contributed by atoms with Crippen LogP contribution in [0.5, 0.6) is 0 Å². The normalized spacial score (nSPS) is 10.6. The molecule has 6 nitrogen and oxygen atoms in total. The van der Waals surface area contributed by atoms with Crippen molar-refractivity contribution in [2.75, 3.05) is 5.32 Å². The Kier molecular flexibility index (Phi) is 4.57. The van der Waals surface area contributed by atoms with Crippen LogP contribution in [0.1, 0.15) is 11.1 Å². The molecule has 24 heavy (non-hydrogen) atoms. The van der Waals surface area contributed by atoms with E-state index in [2.05, 4.69) is 20.7 Å². The van der Waals surface area contributed by atoms with Crippen molar-refractivity contribution in [2.24, 2.45) is 0 Å². The van der Waals surface area contributed by atoms with Crippen LogP contribution in [0, 0.1) is 13.8 Å². The number of carbonyl (C=O) groups is 1. The van der Waals surface area contributed by atoms with Crippen LogP contribution in [0.25, 0.3) is 11.4 Å². The average Bonchev–Trinajstić information content (AvgIpc) is 3.00. The summed E-state index contributed by atoms with van der Waals surface area (Å²) < 4.78 is 0. The molecule has 0 aliphatic heterocycles. The molecule has 0 atom stereocenters. The number of benzene rings is 2. The van der Waals surface area contributed by atoms with E-state index < -0.39 is 0 Å². The van der Waals surface area contributed by atoms with E-state index in [1.54, 1.807) is 12.1 Å². The van der Waals surface area contributed by atoms with Gasteiger partial charge in [-0.25, -0.2) is 0 Å². The van der Waals surface area contributed by atoms with E-state index in [-0.39, 0.29) is 12.5 Å². The summed E-state index contributed by atoms with van der Waals surface area (Å²) in [5.41, 5.74) is 3.62. The van der Waals surface area contributed by atoms with Crippen molar-refractivity contribution in [1.29, 1.82) is 0 Å². The zero-order valence-electron chi connectivity index (χ0n) is 13.3. The van der Waals surface area contributed by atoms with E-state index in [9.17, 15) is 4.79 Å². The fraction of sp³-hybridized carbons (Fsp3) is 0.176. The fourth-order valence-electron chi connectivity index (χ4n) is 2.27. The van der Waals surface area contributed by atoms with Crippen molar-refractivity contribution in [3.05, 3.63) is 58.6 Å². The van der Waals surface area contributed by atoms with Gasteiger partial charge < -0.3 is 5.32 Å². The van der Waals surface area contributed by atoms with Crippen LogP contribution in [0.2, 0.25) is 5.02 Å². The first-order chi connectivity index (χ1) is 11.5. The molecule has 1 N–H and O–H groups in total. The van der Waals surface area contributed by atoms with Gasteiger partial charge in [-0.2, -0.15) is 4.80 Å². The highest BCUT2D eigenvalue weighted by molar-refractivity contribution is 6.33. The minimum Gasteiger partial charge on any atom is -0.324 e. The van der Waals surface area contributed by atoms with Gasteiger partial charge in [-0.05, 0) is 48.4 Å². The minimum absolute atomic E-state index is 0.0230. The third-order valence-electron chi connectivity index (χ3n) is 3.73. The van der Waals surface area contributed by atoms with Gasteiger partial charge in [0.05, 0.1) is 5.02 Å². The topological polar surface area (TPSA) is 72.7 Å². The number of tetrazole rings is 1. The van der Waals surface area contributed by atoms with E-state index in [4.69, 9.17) is 11.6 Å². The van der Waals surface area contributed by atoms with Crippen molar-refractivity contribution >= 4 is 23.2 Å². The van der Waals surface area contributed by atoms with Gasteiger partial charge >= 0.3 is 0 Å². The number of nitrogens with zero attached hydrogens (tertiary/aromatic N) is 4. The number of nitrogens with one attached hydrogen (secondary N) is 1. The largest absolute Gasteiger partial charge is 0.324 e. The zero-order valence-corrected chi connectivity index (χ0v) is 14.1. The molecular formula is C17H16ClN5O. The predicted molar refractivity (Wildman–Crippen MR) is 92.8 cm³/mol. The molecule has 3 rings (SSSR count). The van der Waals surface area contributed by atoms with Crippen molar-refractivity contribution in [2.45, 2.75) is 20.4 Å². The number of carbonyl (C=O) groups excluding carboxylic acids is 1. The van der Waals surface area contributed by atoms with Crippen molar-refractivity contribution in [3.63, 3.8) is 0 Å². The average molecular weight is 342 g/mol. The molecular weight excluding hydrogens is 326 g/mol. The molecule has 0 radical (unpaired) electrons. The summed E-state index contributed by atoms with van der Waals surface area (Å²) >= 11 is 6.12. The highest BCUT2D eigenvalue weighted by Crippen LogP contribution is 2.23. The maximum Gasteiger partial charge on any atom is 0.248 e. The third kappa shape index (κ3) is 3.44. The van der Waals surface area contributed by atoms with Crippen LogP contribution >= 0.6 is 11.6 Å². The number of amides is 1. The molecule has 1 heterocycles. The lowest BCUT2D eigenvalue weighted by atomic mass is 10.1. The number of hydrogen-bond acceptors (Lipinski definition) is 4. The third-order valence-corrected chi connectivity index (χ3v) is 4.06. The standard InChI is InChI=1S/C17H16ClN5O/c1-11-6-5-9-15(12(11)2)19-16(24)10-23-21-17(20-22-23)13-7-3-4-8-14(13)18/h3-9H,10H2,1-2H3,(H,19,24). The molecule has 1 amide bonds. The first kappa shape index (κ1) is 16.1. The summed E-state index contributed by atoms with van der Waals surface area (Å²) in [6.45, 7) is 3.94. The summed E-state index contributed by atoms with van der Waals surface area (Å²) in [5.74, 6) is 0.173. The maximum absolute atomic E-state index is 12.2. The van der Waals surface area contributed by atoms with E-state index in [1.807, 2.05) is 44.2 Å². The molecule has 0 saturated heterocycles. The molecule has 0 aliphatic rings. The summed E-state index contributed by atoms with van der Waals surface area (Å²) in [4.78, 5) is 13.4. The highest BCUT2D eigenvalue weighted by atomic mass is 35.5. The molecule has 2 aromatic carbocycles. The van der Waals surface area contributed by atoms with Gasteiger partial charge in [-0.3, -0.25) is 4.79 Å². The molecule has 0 saturated carbocycles. The Bertz CT molecular complexity index is 890. The SMILES string of the molecule is Cc1cccc(NC(=O)Cn2nnc(-c3ccccc3Cl)n2)c1C. The molecule has 0 aliphatic carbocycles. The van der Waals surface area contributed by atoms with Gasteiger partial charge in [0.1, 0.15) is 6.54 Å². The molecule has 122 valence electrons. The fourth-order valence-corrected chi connectivity index (χ4v) is 2.49. The molecule has 0 unspecified atom stereocenters. The molecule has 7 heteroatoms. The van der Waals surface area contributed by atoms with Crippen LogP contribution in [0.4, 0.5) is 5.69 Å². The second-order valence-electron chi connectivity index (χ2n) is 5.42. The Morgan fingerprint density at radius 3 is 2.75 bits per heavy atom. The number of rotatable bonds is 4. The molecule has 1 aromatic heterocycles. The van der Waals surface area contributed by atoms with Crippen LogP contribution in [-0.4, -0.2) is 26.1 Å². The van der Waals surface area contributed by atoms with Crippen LogP contribution < -0.4 is 5.32 Å². The summed E-state index contributed by atoms with van der Waals surface area (Å²) in [5, 5.41) is 15.5. The number of aromatic nitrogens is 4. The molecule has 0 fully saturated rings. The summed E-state index contributed by atoms with van der Waals surface area (Å²) in [6.07, 6.45) is 0. The van der Waals surface area contributed by atoms with Crippen molar-refractivity contribution in [1.82, 2.24) is 20.2 Å². The maximum atomic E-state index is 12.2. The van der Waals surface area contributed by atoms with Crippen LogP contribution in [0.15, 0.2) is 42.5 Å². The van der Waals surface area contributed by atoms with Gasteiger partial charge in [-0.1, -0.05) is 35.9 Å². The lowest BCUT2D eigenvalue weighted by molar-refractivity contribution is -0.117. The Morgan fingerprint density at radius 1 is 1.17 bits per heavy atom. The first-order valence-electron chi connectivity index (χ1n) is 7.43. The Labute approximate surface area is 144 Å². The number of halogens is 1. The second-order valence-corrected chi connectivity index (χ2v) is 5.83. The smallest absolute Gasteiger partial charge is 0.248 e. The van der Waals surface area contributed by atoms with Gasteiger partial charge in [0.15, 0.2) is 0 Å². The molecule has 3 aromatic rings. The lowest BCUT2D eigenvalue weighted by Crippen LogP contribution is -2.21. The van der Waals surface area contributed by atoms with E-state index in [1.165, 1.54) is 4.80 Å². The first-order valence-corrected chi connectivity index (χ1v) is 7.81. The van der Waals surface area contributed by atoms with Crippen LogP contribution in [0.3, 0.4) is 0 Å². The molecule has 0 bridgehead atoms. The number of hydrogen-bond donors (Lipinski definition) is 1. The monoisotopic (exact) mass is 341 g/mol. The van der Waals surface area contributed by atoms with Gasteiger partial charge in [0, 0.05) is 11.3 Å². The van der Waals surface area contributed by atoms with Crippen LogP contribution in [-0.2, 0) is 11.3 Å². The van der Waals surface area contributed by atoms with E-state index in [0.29, 0.717) is 16.4 Å². The Balaban J connectivity index is 1.72. The summed E-state index contributed by atoms with van der Waals surface area (Å²) in [6, 6.07) is 13.0. The molecule has 0 spiro atoms.